The van der Waals surface area contributed by atoms with Crippen molar-refractivity contribution < 1.29 is 9.53 Å². The van der Waals surface area contributed by atoms with Gasteiger partial charge < -0.3 is 10.1 Å². The summed E-state index contributed by atoms with van der Waals surface area (Å²) < 4.78 is 5.32. The molecule has 0 spiro atoms. The first-order valence-electron chi connectivity index (χ1n) is 7.80. The molecule has 1 saturated heterocycles. The Kier molecular flexibility index (Phi) is 6.21. The molecule has 0 radical (unpaired) electrons. The normalized spacial score (nSPS) is 17.1. The predicted molar refractivity (Wildman–Crippen MR) is 84.0 cm³/mol. The number of rotatable bonds is 6. The fourth-order valence-corrected chi connectivity index (χ4v) is 2.59. The fraction of sp³-hybridized carbons (Fsp3) is 0.588. The smallest absolute Gasteiger partial charge is 0.246 e. The van der Waals surface area contributed by atoms with Crippen molar-refractivity contribution in [3.05, 3.63) is 35.9 Å². The van der Waals surface area contributed by atoms with Crippen molar-refractivity contribution in [2.75, 3.05) is 19.7 Å². The van der Waals surface area contributed by atoms with Crippen molar-refractivity contribution in [3.63, 3.8) is 0 Å². The van der Waals surface area contributed by atoms with Crippen LogP contribution in [0.5, 0.6) is 0 Å². The van der Waals surface area contributed by atoms with Crippen molar-refractivity contribution in [1.29, 1.82) is 0 Å². The Hall–Kier alpha value is -1.39. The lowest BCUT2D eigenvalue weighted by molar-refractivity contribution is -0.128. The van der Waals surface area contributed by atoms with Crippen LogP contribution in [0.25, 0.3) is 0 Å². The molecule has 1 aliphatic rings. The number of ether oxygens (including phenoxy) is 1. The summed E-state index contributed by atoms with van der Waals surface area (Å²) in [6.45, 7) is 7.11. The molecule has 1 aromatic rings. The third-order valence-corrected chi connectivity index (χ3v) is 3.75. The number of benzene rings is 1. The van der Waals surface area contributed by atoms with Gasteiger partial charge in [0.1, 0.15) is 6.61 Å². The van der Waals surface area contributed by atoms with Crippen LogP contribution in [0.4, 0.5) is 0 Å². The number of carbonyl (C=O) groups excluding carboxylic acids is 1. The Labute approximate surface area is 127 Å². The molecule has 0 bridgehead atoms. The van der Waals surface area contributed by atoms with Crippen LogP contribution in [0, 0.1) is 0 Å². The highest BCUT2D eigenvalue weighted by Crippen LogP contribution is 2.13. The van der Waals surface area contributed by atoms with E-state index in [-0.39, 0.29) is 18.6 Å². The average Bonchev–Trinajstić information content (AvgIpc) is 2.48. The minimum atomic E-state index is 0.00482. The van der Waals surface area contributed by atoms with Gasteiger partial charge in [0, 0.05) is 25.7 Å². The molecule has 0 aromatic heterocycles. The van der Waals surface area contributed by atoms with Crippen LogP contribution < -0.4 is 5.32 Å². The predicted octanol–water partition coefficient (Wildman–Crippen LogP) is 2.19. The van der Waals surface area contributed by atoms with Crippen molar-refractivity contribution in [2.45, 2.75) is 45.4 Å². The maximum Gasteiger partial charge on any atom is 0.246 e. The fourth-order valence-electron chi connectivity index (χ4n) is 2.59. The second kappa shape index (κ2) is 8.15. The zero-order chi connectivity index (χ0) is 15.1. The summed E-state index contributed by atoms with van der Waals surface area (Å²) in [4.78, 5) is 14.2. The summed E-state index contributed by atoms with van der Waals surface area (Å²) in [6, 6.07) is 10.8. The van der Waals surface area contributed by atoms with E-state index in [1.165, 1.54) is 5.56 Å². The van der Waals surface area contributed by atoms with Gasteiger partial charge in [0.05, 0.1) is 6.10 Å². The summed E-state index contributed by atoms with van der Waals surface area (Å²) >= 11 is 0. The second-order valence-corrected chi connectivity index (χ2v) is 5.96. The van der Waals surface area contributed by atoms with E-state index in [1.54, 1.807) is 0 Å². The van der Waals surface area contributed by atoms with E-state index in [9.17, 15) is 4.79 Å². The van der Waals surface area contributed by atoms with Gasteiger partial charge in [0.15, 0.2) is 0 Å². The lowest BCUT2D eigenvalue weighted by atomic mass is 10.0. The Morgan fingerprint density at radius 1 is 1.29 bits per heavy atom. The maximum atomic E-state index is 11.7. The second-order valence-electron chi connectivity index (χ2n) is 5.96. The third-order valence-electron chi connectivity index (χ3n) is 3.75. The van der Waals surface area contributed by atoms with E-state index in [1.807, 2.05) is 19.9 Å². The summed E-state index contributed by atoms with van der Waals surface area (Å²) in [6.07, 6.45) is 2.13. The highest BCUT2D eigenvalue weighted by atomic mass is 16.5. The molecule has 1 fully saturated rings. The van der Waals surface area contributed by atoms with Gasteiger partial charge in [0.2, 0.25) is 5.91 Å². The van der Waals surface area contributed by atoms with Crippen molar-refractivity contribution in [1.82, 2.24) is 10.2 Å². The molecule has 0 saturated carbocycles. The molecule has 1 heterocycles. The van der Waals surface area contributed by atoms with Crippen molar-refractivity contribution >= 4 is 5.91 Å². The molecule has 4 nitrogen and oxygen atoms in total. The molecule has 1 aliphatic heterocycles. The average molecular weight is 290 g/mol. The van der Waals surface area contributed by atoms with Crippen LogP contribution >= 0.6 is 0 Å². The Morgan fingerprint density at radius 3 is 2.57 bits per heavy atom. The topological polar surface area (TPSA) is 41.6 Å². The summed E-state index contributed by atoms with van der Waals surface area (Å²) in [5.41, 5.74) is 1.35. The van der Waals surface area contributed by atoms with Gasteiger partial charge in [-0.3, -0.25) is 9.69 Å². The molecule has 1 N–H and O–H groups in total. The molecule has 21 heavy (non-hydrogen) atoms. The molecular weight excluding hydrogens is 264 g/mol. The monoisotopic (exact) mass is 290 g/mol. The summed E-state index contributed by atoms with van der Waals surface area (Å²) in [5.74, 6) is 0.00482. The number of piperidine rings is 1. The number of amides is 1. The van der Waals surface area contributed by atoms with Crippen molar-refractivity contribution in [3.8, 4) is 0 Å². The first-order valence-corrected chi connectivity index (χ1v) is 7.80. The van der Waals surface area contributed by atoms with Crippen LogP contribution in [0.2, 0.25) is 0 Å². The van der Waals surface area contributed by atoms with Crippen LogP contribution in [-0.2, 0) is 16.1 Å². The standard InChI is InChI=1S/C17H26N2O2/c1-14(2)21-13-17(20)18-16-8-10-19(11-9-16)12-15-6-4-3-5-7-15/h3-7,14,16H,8-13H2,1-2H3,(H,18,20). The van der Waals surface area contributed by atoms with E-state index in [2.05, 4.69) is 34.5 Å². The minimum absolute atomic E-state index is 0.00482. The summed E-state index contributed by atoms with van der Waals surface area (Å²) in [5, 5.41) is 3.07. The first-order chi connectivity index (χ1) is 10.1. The highest BCUT2D eigenvalue weighted by Gasteiger charge is 2.20. The number of nitrogens with zero attached hydrogens (tertiary/aromatic N) is 1. The number of nitrogens with one attached hydrogen (secondary N) is 1. The number of hydrogen-bond acceptors (Lipinski definition) is 3. The van der Waals surface area contributed by atoms with E-state index >= 15 is 0 Å². The maximum absolute atomic E-state index is 11.7. The number of carbonyl (C=O) groups is 1. The highest BCUT2D eigenvalue weighted by molar-refractivity contribution is 5.77. The van der Waals surface area contributed by atoms with Gasteiger partial charge in [-0.05, 0) is 32.3 Å². The molecule has 0 unspecified atom stereocenters. The molecule has 0 aliphatic carbocycles. The van der Waals surface area contributed by atoms with Gasteiger partial charge >= 0.3 is 0 Å². The van der Waals surface area contributed by atoms with Gasteiger partial charge in [-0.15, -0.1) is 0 Å². The van der Waals surface area contributed by atoms with Crippen LogP contribution in [-0.4, -0.2) is 42.6 Å². The lowest BCUT2D eigenvalue weighted by Gasteiger charge is -2.32. The number of likely N-dealkylation sites (tertiary alicyclic amines) is 1. The van der Waals surface area contributed by atoms with Gasteiger partial charge in [-0.1, -0.05) is 30.3 Å². The molecule has 1 aromatic carbocycles. The van der Waals surface area contributed by atoms with Gasteiger partial charge in [0.25, 0.3) is 0 Å². The Morgan fingerprint density at radius 2 is 1.95 bits per heavy atom. The van der Waals surface area contributed by atoms with Gasteiger partial charge in [-0.2, -0.15) is 0 Å². The summed E-state index contributed by atoms with van der Waals surface area (Å²) in [7, 11) is 0. The Balaban J connectivity index is 1.67. The molecular formula is C17H26N2O2. The molecule has 4 heteroatoms. The third kappa shape index (κ3) is 5.86. The first kappa shape index (κ1) is 16.0. The molecule has 2 rings (SSSR count). The van der Waals surface area contributed by atoms with Crippen LogP contribution in [0.3, 0.4) is 0 Å². The van der Waals surface area contributed by atoms with Crippen molar-refractivity contribution in [2.24, 2.45) is 0 Å². The van der Waals surface area contributed by atoms with E-state index in [0.717, 1.165) is 32.5 Å². The SMILES string of the molecule is CC(C)OCC(=O)NC1CCN(Cc2ccccc2)CC1. The largest absolute Gasteiger partial charge is 0.369 e. The zero-order valence-electron chi connectivity index (χ0n) is 13.0. The van der Waals surface area contributed by atoms with Gasteiger partial charge in [-0.25, -0.2) is 0 Å². The molecule has 0 atom stereocenters. The van der Waals surface area contributed by atoms with E-state index in [4.69, 9.17) is 4.74 Å². The quantitative estimate of drug-likeness (QED) is 0.873. The van der Waals surface area contributed by atoms with Crippen LogP contribution in [0.1, 0.15) is 32.3 Å². The molecule has 1 amide bonds. The van der Waals surface area contributed by atoms with E-state index < -0.39 is 0 Å². The Bertz CT molecular complexity index is 426. The molecule has 116 valence electrons. The minimum Gasteiger partial charge on any atom is -0.369 e. The lowest BCUT2D eigenvalue weighted by Crippen LogP contribution is -2.45. The zero-order valence-corrected chi connectivity index (χ0v) is 13.0. The van der Waals surface area contributed by atoms with Crippen LogP contribution in [0.15, 0.2) is 30.3 Å². The number of hydrogen-bond donors (Lipinski definition) is 1. The van der Waals surface area contributed by atoms with E-state index in [0.29, 0.717) is 6.04 Å².